The molecule has 0 spiro atoms. The van der Waals surface area contributed by atoms with Gasteiger partial charge in [0, 0.05) is 19.6 Å². The molecule has 1 aliphatic heterocycles. The van der Waals surface area contributed by atoms with Gasteiger partial charge >= 0.3 is 6.09 Å². The third kappa shape index (κ3) is 4.68. The van der Waals surface area contributed by atoms with E-state index in [1.54, 1.807) is 4.90 Å². The highest BCUT2D eigenvalue weighted by molar-refractivity contribution is 5.67. The lowest BCUT2D eigenvalue weighted by Crippen LogP contribution is -2.41. The van der Waals surface area contributed by atoms with Gasteiger partial charge in [0.05, 0.1) is 0 Å². The Bertz CT molecular complexity index is 313. The number of piperidine rings is 1. The number of hydrogen-bond donors (Lipinski definition) is 0. The number of hydrogen-bond acceptors (Lipinski definition) is 3. The summed E-state index contributed by atoms with van der Waals surface area (Å²) in [4.78, 5) is 16.3. The second-order valence-electron chi connectivity index (χ2n) is 7.07. The van der Waals surface area contributed by atoms with Crippen molar-refractivity contribution in [3.05, 3.63) is 0 Å². The van der Waals surface area contributed by atoms with Crippen molar-refractivity contribution in [2.45, 2.75) is 58.1 Å². The average molecular weight is 268 g/mol. The van der Waals surface area contributed by atoms with E-state index in [4.69, 9.17) is 4.74 Å². The lowest BCUT2D eigenvalue weighted by atomic mass is 9.96. The molecule has 2 rings (SSSR count). The molecular formula is C15H28N2O2. The van der Waals surface area contributed by atoms with Gasteiger partial charge in [0.15, 0.2) is 0 Å². The number of likely N-dealkylation sites (tertiary alicyclic amines) is 1. The van der Waals surface area contributed by atoms with E-state index in [0.29, 0.717) is 5.92 Å². The van der Waals surface area contributed by atoms with Gasteiger partial charge in [-0.05, 0) is 65.5 Å². The van der Waals surface area contributed by atoms with E-state index in [9.17, 15) is 4.79 Å². The minimum absolute atomic E-state index is 0.197. The zero-order valence-electron chi connectivity index (χ0n) is 12.8. The second kappa shape index (κ2) is 5.70. The summed E-state index contributed by atoms with van der Waals surface area (Å²) < 4.78 is 5.39. The first-order valence-corrected chi connectivity index (χ1v) is 7.53. The predicted octanol–water partition coefficient (Wildman–Crippen LogP) is 2.73. The van der Waals surface area contributed by atoms with Crippen LogP contribution in [0.3, 0.4) is 0 Å². The summed E-state index contributed by atoms with van der Waals surface area (Å²) in [5.41, 5.74) is -0.402. The molecule has 1 saturated heterocycles. The van der Waals surface area contributed by atoms with Crippen LogP contribution in [0.5, 0.6) is 0 Å². The average Bonchev–Trinajstić information content (AvgIpc) is 3.11. The zero-order chi connectivity index (χ0) is 14.0. The van der Waals surface area contributed by atoms with Gasteiger partial charge in [-0.2, -0.15) is 0 Å². The van der Waals surface area contributed by atoms with Crippen LogP contribution < -0.4 is 0 Å². The molecule has 2 aliphatic rings. The van der Waals surface area contributed by atoms with Gasteiger partial charge in [0.2, 0.25) is 0 Å². The van der Waals surface area contributed by atoms with Crippen molar-refractivity contribution >= 4 is 6.09 Å². The van der Waals surface area contributed by atoms with E-state index >= 15 is 0 Å². The zero-order valence-corrected chi connectivity index (χ0v) is 12.8. The molecule has 19 heavy (non-hydrogen) atoms. The Labute approximate surface area is 117 Å². The summed E-state index contributed by atoms with van der Waals surface area (Å²) in [7, 11) is 1.85. The molecule has 2 fully saturated rings. The second-order valence-corrected chi connectivity index (χ2v) is 7.07. The summed E-state index contributed by atoms with van der Waals surface area (Å²) in [6.07, 6.45) is 5.01. The van der Waals surface area contributed by atoms with E-state index in [1.807, 2.05) is 27.8 Å². The molecule has 0 aromatic carbocycles. The molecule has 0 aromatic heterocycles. The Morgan fingerprint density at radius 1 is 1.21 bits per heavy atom. The van der Waals surface area contributed by atoms with Gasteiger partial charge in [-0.15, -0.1) is 0 Å². The molecule has 4 heteroatoms. The number of ether oxygens (including phenoxy) is 1. The van der Waals surface area contributed by atoms with Crippen molar-refractivity contribution in [2.75, 3.05) is 26.7 Å². The van der Waals surface area contributed by atoms with Crippen LogP contribution in [0.25, 0.3) is 0 Å². The van der Waals surface area contributed by atoms with E-state index in [0.717, 1.165) is 12.6 Å². The number of nitrogens with zero attached hydrogens (tertiary/aromatic N) is 2. The van der Waals surface area contributed by atoms with E-state index in [1.165, 1.54) is 38.8 Å². The standard InChI is InChI=1S/C15H28N2O2/c1-15(2,3)19-14(18)16(4)11-12-7-9-17(10-8-12)13-5-6-13/h12-13H,5-11H2,1-4H3. The molecule has 0 unspecified atom stereocenters. The van der Waals surface area contributed by atoms with E-state index < -0.39 is 5.60 Å². The third-order valence-corrected chi connectivity index (χ3v) is 3.95. The number of amides is 1. The Kier molecular flexibility index (Phi) is 4.39. The van der Waals surface area contributed by atoms with Crippen LogP contribution in [-0.2, 0) is 4.74 Å². The van der Waals surface area contributed by atoms with Crippen molar-refractivity contribution in [3.63, 3.8) is 0 Å². The highest BCUT2D eigenvalue weighted by Gasteiger charge is 2.32. The first kappa shape index (κ1) is 14.6. The van der Waals surface area contributed by atoms with Crippen LogP contribution in [0.15, 0.2) is 0 Å². The molecule has 0 radical (unpaired) electrons. The molecular weight excluding hydrogens is 240 g/mol. The highest BCUT2D eigenvalue weighted by Crippen LogP contribution is 2.31. The Morgan fingerprint density at radius 2 is 1.79 bits per heavy atom. The Hall–Kier alpha value is -0.770. The van der Waals surface area contributed by atoms with Crippen molar-refractivity contribution in [2.24, 2.45) is 5.92 Å². The van der Waals surface area contributed by atoms with Crippen LogP contribution in [0.2, 0.25) is 0 Å². The van der Waals surface area contributed by atoms with Crippen molar-refractivity contribution in [1.29, 1.82) is 0 Å². The molecule has 1 heterocycles. The lowest BCUT2D eigenvalue weighted by molar-refractivity contribution is 0.0248. The van der Waals surface area contributed by atoms with Gasteiger partial charge in [-0.1, -0.05) is 0 Å². The summed E-state index contributed by atoms with van der Waals surface area (Å²) in [5.74, 6) is 0.632. The fourth-order valence-corrected chi connectivity index (χ4v) is 2.74. The fourth-order valence-electron chi connectivity index (χ4n) is 2.74. The smallest absolute Gasteiger partial charge is 0.410 e. The topological polar surface area (TPSA) is 32.8 Å². The third-order valence-electron chi connectivity index (χ3n) is 3.95. The van der Waals surface area contributed by atoms with Gasteiger partial charge in [-0.3, -0.25) is 0 Å². The fraction of sp³-hybridized carbons (Fsp3) is 0.933. The van der Waals surface area contributed by atoms with Crippen LogP contribution in [0.1, 0.15) is 46.5 Å². The minimum Gasteiger partial charge on any atom is -0.444 e. The molecule has 4 nitrogen and oxygen atoms in total. The first-order chi connectivity index (χ1) is 8.85. The van der Waals surface area contributed by atoms with Crippen molar-refractivity contribution < 1.29 is 9.53 Å². The van der Waals surface area contributed by atoms with Gasteiger partial charge in [-0.25, -0.2) is 4.79 Å². The number of rotatable bonds is 3. The monoisotopic (exact) mass is 268 g/mol. The first-order valence-electron chi connectivity index (χ1n) is 7.53. The molecule has 110 valence electrons. The summed E-state index contributed by atoms with van der Waals surface area (Å²) >= 11 is 0. The maximum Gasteiger partial charge on any atom is 0.410 e. The molecule has 1 saturated carbocycles. The SMILES string of the molecule is CN(CC1CCN(C2CC2)CC1)C(=O)OC(C)(C)C. The predicted molar refractivity (Wildman–Crippen MR) is 76.2 cm³/mol. The highest BCUT2D eigenvalue weighted by atomic mass is 16.6. The molecule has 0 aromatic rings. The maximum absolute atomic E-state index is 11.9. The maximum atomic E-state index is 11.9. The normalized spacial score (nSPS) is 22.3. The van der Waals surface area contributed by atoms with E-state index in [-0.39, 0.29) is 6.09 Å². The molecule has 1 amide bonds. The Morgan fingerprint density at radius 3 is 2.26 bits per heavy atom. The lowest BCUT2D eigenvalue weighted by Gasteiger charge is -2.34. The Balaban J connectivity index is 1.70. The van der Waals surface area contributed by atoms with Crippen LogP contribution in [0, 0.1) is 5.92 Å². The van der Waals surface area contributed by atoms with Crippen LogP contribution in [-0.4, -0.2) is 54.2 Å². The molecule has 0 bridgehead atoms. The van der Waals surface area contributed by atoms with Gasteiger partial charge < -0.3 is 14.5 Å². The molecule has 0 atom stereocenters. The number of carbonyl (C=O) groups excluding carboxylic acids is 1. The quantitative estimate of drug-likeness (QED) is 0.789. The summed E-state index contributed by atoms with van der Waals surface area (Å²) in [5, 5.41) is 0. The van der Waals surface area contributed by atoms with Gasteiger partial charge in [0.25, 0.3) is 0 Å². The van der Waals surface area contributed by atoms with Crippen molar-refractivity contribution in [1.82, 2.24) is 9.80 Å². The molecule has 1 aliphatic carbocycles. The molecule has 0 N–H and O–H groups in total. The van der Waals surface area contributed by atoms with Gasteiger partial charge in [0.1, 0.15) is 5.60 Å². The van der Waals surface area contributed by atoms with E-state index in [2.05, 4.69) is 4.90 Å². The minimum atomic E-state index is -0.402. The largest absolute Gasteiger partial charge is 0.444 e. The number of carbonyl (C=O) groups is 1. The van der Waals surface area contributed by atoms with Crippen molar-refractivity contribution in [3.8, 4) is 0 Å². The summed E-state index contributed by atoms with van der Waals surface area (Å²) in [6, 6.07) is 0.879. The summed E-state index contributed by atoms with van der Waals surface area (Å²) in [6.45, 7) is 8.97. The van der Waals surface area contributed by atoms with Crippen LogP contribution in [0.4, 0.5) is 4.79 Å². The van der Waals surface area contributed by atoms with Crippen LogP contribution >= 0.6 is 0 Å².